The average molecular weight is 344 g/mol. The van der Waals surface area contributed by atoms with E-state index in [1.807, 2.05) is 0 Å². The molecule has 3 N–H and O–H groups in total. The van der Waals surface area contributed by atoms with Gasteiger partial charge >= 0.3 is 5.69 Å². The van der Waals surface area contributed by atoms with Gasteiger partial charge in [-0.1, -0.05) is 17.7 Å². The molecule has 0 saturated carbocycles. The Kier molecular flexibility index (Phi) is 3.87. The molecule has 2 rings (SSSR count). The summed E-state index contributed by atoms with van der Waals surface area (Å²) in [6.45, 7) is 0. The van der Waals surface area contributed by atoms with Crippen molar-refractivity contribution in [1.29, 1.82) is 0 Å². The van der Waals surface area contributed by atoms with Crippen LogP contribution in [0.3, 0.4) is 0 Å². The lowest BCUT2D eigenvalue weighted by molar-refractivity contribution is -0.384. The second kappa shape index (κ2) is 5.41. The number of benzene rings is 1. The number of halogens is 2. The third-order valence-corrected chi connectivity index (χ3v) is 3.71. The molecule has 1 aromatic heterocycles. The zero-order valence-corrected chi connectivity index (χ0v) is 11.8. The highest BCUT2D eigenvalue weighted by molar-refractivity contribution is 9.10. The van der Waals surface area contributed by atoms with Gasteiger partial charge in [-0.25, -0.2) is 4.98 Å². The van der Waals surface area contributed by atoms with Crippen LogP contribution in [0.15, 0.2) is 34.8 Å². The maximum absolute atomic E-state index is 10.6. The predicted octanol–water partition coefficient (Wildman–Crippen LogP) is 3.73. The lowest BCUT2D eigenvalue weighted by Gasteiger charge is -2.09. The van der Waals surface area contributed by atoms with Crippen LogP contribution in [0.25, 0.3) is 0 Å². The first-order valence-corrected chi connectivity index (χ1v) is 6.28. The fourth-order valence-electron chi connectivity index (χ4n) is 1.43. The number of hydrogen-bond acceptors (Lipinski definition) is 5. The topological polar surface area (TPSA) is 94.1 Å². The highest BCUT2D eigenvalue weighted by atomic mass is 79.9. The van der Waals surface area contributed by atoms with E-state index in [2.05, 4.69) is 26.2 Å². The number of nitrogens with one attached hydrogen (secondary N) is 1. The first kappa shape index (κ1) is 13.6. The number of nitrogen functional groups attached to an aromatic ring is 1. The van der Waals surface area contributed by atoms with Gasteiger partial charge in [0.15, 0.2) is 0 Å². The van der Waals surface area contributed by atoms with Crippen molar-refractivity contribution in [1.82, 2.24) is 4.98 Å². The highest BCUT2D eigenvalue weighted by Crippen LogP contribution is 2.32. The minimum absolute atomic E-state index is 0.145. The molecule has 0 aliphatic carbocycles. The molecule has 0 aliphatic heterocycles. The van der Waals surface area contributed by atoms with E-state index in [0.29, 0.717) is 21.0 Å². The monoisotopic (exact) mass is 342 g/mol. The molecule has 8 heteroatoms. The van der Waals surface area contributed by atoms with E-state index >= 15 is 0 Å². The minimum atomic E-state index is -0.582. The number of nitro groups is 1. The van der Waals surface area contributed by atoms with Crippen LogP contribution >= 0.6 is 27.5 Å². The maximum Gasteiger partial charge on any atom is 0.311 e. The van der Waals surface area contributed by atoms with Crippen LogP contribution in [-0.4, -0.2) is 9.91 Å². The Balaban J connectivity index is 2.32. The van der Waals surface area contributed by atoms with Gasteiger partial charge in [0.25, 0.3) is 0 Å². The standard InChI is InChI=1S/C11H8BrClN4O2/c12-10-6(13)2-1-3-7(10)15-9-5-4-8(17(18)19)11(14)16-9/h1-5H,(H3,14,15,16). The Labute approximate surface area is 121 Å². The van der Waals surface area contributed by atoms with Gasteiger partial charge in [0.2, 0.25) is 5.82 Å². The summed E-state index contributed by atoms with van der Waals surface area (Å²) in [6, 6.07) is 8.05. The van der Waals surface area contributed by atoms with Crippen LogP contribution in [0.4, 0.5) is 23.0 Å². The highest BCUT2D eigenvalue weighted by Gasteiger charge is 2.13. The Morgan fingerprint density at radius 2 is 2.11 bits per heavy atom. The number of rotatable bonds is 3. The zero-order valence-electron chi connectivity index (χ0n) is 9.43. The van der Waals surface area contributed by atoms with E-state index in [0.717, 1.165) is 0 Å². The van der Waals surface area contributed by atoms with Crippen molar-refractivity contribution in [2.24, 2.45) is 0 Å². The molecule has 19 heavy (non-hydrogen) atoms. The summed E-state index contributed by atoms with van der Waals surface area (Å²) in [5.74, 6) is 0.249. The van der Waals surface area contributed by atoms with Crippen LogP contribution in [0.2, 0.25) is 5.02 Å². The fourth-order valence-corrected chi connectivity index (χ4v) is 1.97. The molecule has 0 fully saturated rings. The number of nitrogens with two attached hydrogens (primary N) is 1. The summed E-state index contributed by atoms with van der Waals surface area (Å²) in [7, 11) is 0. The largest absolute Gasteiger partial charge is 0.378 e. The van der Waals surface area contributed by atoms with Gasteiger partial charge in [-0.15, -0.1) is 0 Å². The zero-order chi connectivity index (χ0) is 14.0. The van der Waals surface area contributed by atoms with E-state index in [-0.39, 0.29) is 11.5 Å². The van der Waals surface area contributed by atoms with Crippen LogP contribution < -0.4 is 11.1 Å². The molecule has 6 nitrogen and oxygen atoms in total. The van der Waals surface area contributed by atoms with Gasteiger partial charge in [0.1, 0.15) is 5.82 Å². The van der Waals surface area contributed by atoms with Crippen molar-refractivity contribution < 1.29 is 4.92 Å². The molecule has 0 saturated heterocycles. The summed E-state index contributed by atoms with van der Waals surface area (Å²) < 4.78 is 0.676. The van der Waals surface area contributed by atoms with E-state index in [1.165, 1.54) is 12.1 Å². The van der Waals surface area contributed by atoms with Crippen molar-refractivity contribution in [3.8, 4) is 0 Å². The maximum atomic E-state index is 10.6. The summed E-state index contributed by atoms with van der Waals surface area (Å²) in [6.07, 6.45) is 0. The third kappa shape index (κ3) is 2.94. The molecular formula is C11H8BrClN4O2. The van der Waals surface area contributed by atoms with E-state index in [1.54, 1.807) is 18.2 Å². The fraction of sp³-hybridized carbons (Fsp3) is 0. The van der Waals surface area contributed by atoms with E-state index < -0.39 is 4.92 Å². The molecule has 0 spiro atoms. The number of anilines is 3. The Hall–Kier alpha value is -1.86. The third-order valence-electron chi connectivity index (χ3n) is 2.31. The van der Waals surface area contributed by atoms with Gasteiger partial charge in [-0.2, -0.15) is 0 Å². The minimum Gasteiger partial charge on any atom is -0.378 e. The number of pyridine rings is 1. The second-order valence-electron chi connectivity index (χ2n) is 3.58. The van der Waals surface area contributed by atoms with Gasteiger partial charge in [-0.3, -0.25) is 10.1 Å². The van der Waals surface area contributed by atoms with E-state index in [9.17, 15) is 10.1 Å². The molecule has 0 aliphatic rings. The van der Waals surface area contributed by atoms with Crippen molar-refractivity contribution in [2.45, 2.75) is 0 Å². The van der Waals surface area contributed by atoms with Crippen molar-refractivity contribution in [2.75, 3.05) is 11.1 Å². The first-order chi connectivity index (χ1) is 8.99. The average Bonchev–Trinajstić information content (AvgIpc) is 2.34. The Morgan fingerprint density at radius 3 is 2.74 bits per heavy atom. The number of nitrogens with zero attached hydrogens (tertiary/aromatic N) is 2. The quantitative estimate of drug-likeness (QED) is 0.654. The lowest BCUT2D eigenvalue weighted by atomic mass is 10.3. The molecule has 1 aromatic carbocycles. The SMILES string of the molecule is Nc1nc(Nc2cccc(Cl)c2Br)ccc1[N+](=O)[O-]. The van der Waals surface area contributed by atoms with Crippen LogP contribution in [0, 0.1) is 10.1 Å². The van der Waals surface area contributed by atoms with Crippen LogP contribution in [0.5, 0.6) is 0 Å². The Bertz CT molecular complexity index is 651. The van der Waals surface area contributed by atoms with Crippen molar-refractivity contribution in [3.05, 3.63) is 49.9 Å². The van der Waals surface area contributed by atoms with Crippen LogP contribution in [-0.2, 0) is 0 Å². The summed E-state index contributed by atoms with van der Waals surface area (Å²) in [5, 5.41) is 14.1. The molecule has 0 radical (unpaired) electrons. The van der Waals surface area contributed by atoms with Crippen molar-refractivity contribution >= 4 is 50.5 Å². The molecule has 0 amide bonds. The van der Waals surface area contributed by atoms with Crippen LogP contribution in [0.1, 0.15) is 0 Å². The molecule has 0 atom stereocenters. The second-order valence-corrected chi connectivity index (χ2v) is 4.78. The van der Waals surface area contributed by atoms with Crippen molar-refractivity contribution in [3.63, 3.8) is 0 Å². The summed E-state index contributed by atoms with van der Waals surface area (Å²) >= 11 is 9.29. The molecule has 1 heterocycles. The van der Waals surface area contributed by atoms with Gasteiger partial charge in [0, 0.05) is 6.07 Å². The van der Waals surface area contributed by atoms with Gasteiger partial charge in [-0.05, 0) is 34.1 Å². The lowest BCUT2D eigenvalue weighted by Crippen LogP contribution is -2.01. The number of aromatic nitrogens is 1. The van der Waals surface area contributed by atoms with Gasteiger partial charge in [0.05, 0.1) is 20.1 Å². The normalized spacial score (nSPS) is 10.2. The number of hydrogen-bond donors (Lipinski definition) is 2. The summed E-state index contributed by atoms with van der Waals surface area (Å²) in [5.41, 5.74) is 5.98. The summed E-state index contributed by atoms with van der Waals surface area (Å²) in [4.78, 5) is 14.0. The molecule has 0 unspecified atom stereocenters. The first-order valence-electron chi connectivity index (χ1n) is 5.11. The van der Waals surface area contributed by atoms with Gasteiger partial charge < -0.3 is 11.1 Å². The molecule has 0 bridgehead atoms. The Morgan fingerprint density at radius 1 is 1.37 bits per heavy atom. The van der Waals surface area contributed by atoms with E-state index in [4.69, 9.17) is 17.3 Å². The molecule has 2 aromatic rings. The molecule has 98 valence electrons. The predicted molar refractivity (Wildman–Crippen MR) is 77.7 cm³/mol. The smallest absolute Gasteiger partial charge is 0.311 e. The molecular weight excluding hydrogens is 336 g/mol.